The Balaban J connectivity index is 2.97. The monoisotopic (exact) mass is 189 g/mol. The molecule has 0 unspecified atom stereocenters. The van der Waals surface area contributed by atoms with Crippen LogP contribution in [0.5, 0.6) is 0 Å². The maximum Gasteiger partial charge on any atom is 0.146 e. The van der Waals surface area contributed by atoms with Crippen molar-refractivity contribution in [2.24, 2.45) is 0 Å². The SMILES string of the molecule is Nc1cc(C[SH](=O)=O)ccc1F. The van der Waals surface area contributed by atoms with Crippen LogP contribution in [0.3, 0.4) is 0 Å². The fraction of sp³-hybridized carbons (Fsp3) is 0.143. The number of benzene rings is 1. The van der Waals surface area contributed by atoms with Crippen molar-refractivity contribution >= 4 is 16.4 Å². The molecule has 0 heterocycles. The first-order chi connectivity index (χ1) is 5.59. The van der Waals surface area contributed by atoms with Crippen LogP contribution in [0.2, 0.25) is 0 Å². The van der Waals surface area contributed by atoms with Crippen LogP contribution in [0, 0.1) is 5.82 Å². The number of halogens is 1. The lowest BCUT2D eigenvalue weighted by atomic mass is 10.2. The standard InChI is InChI=1S/C7H8FNO2S/c8-6-2-1-5(3-7(6)9)4-12(10)11/h1-3,12H,4,9H2. The highest BCUT2D eigenvalue weighted by Crippen LogP contribution is 2.12. The molecule has 0 fully saturated rings. The minimum atomic E-state index is -2.48. The first-order valence-corrected chi connectivity index (χ1v) is 4.61. The molecule has 0 radical (unpaired) electrons. The van der Waals surface area contributed by atoms with Gasteiger partial charge in [-0.05, 0) is 17.7 Å². The summed E-state index contributed by atoms with van der Waals surface area (Å²) >= 11 is 0. The smallest absolute Gasteiger partial charge is 0.146 e. The van der Waals surface area contributed by atoms with Crippen LogP contribution in [0.15, 0.2) is 18.2 Å². The Bertz CT molecular complexity index is 354. The van der Waals surface area contributed by atoms with Gasteiger partial charge < -0.3 is 5.73 Å². The Hall–Kier alpha value is -1.10. The van der Waals surface area contributed by atoms with E-state index in [0.29, 0.717) is 5.56 Å². The Morgan fingerprint density at radius 3 is 2.58 bits per heavy atom. The van der Waals surface area contributed by atoms with Gasteiger partial charge in [-0.25, -0.2) is 12.8 Å². The zero-order valence-electron chi connectivity index (χ0n) is 6.16. The molecule has 0 saturated carbocycles. The van der Waals surface area contributed by atoms with E-state index in [1.807, 2.05) is 0 Å². The average Bonchev–Trinajstić information content (AvgIpc) is 1.96. The van der Waals surface area contributed by atoms with Gasteiger partial charge in [0.25, 0.3) is 0 Å². The summed E-state index contributed by atoms with van der Waals surface area (Å²) in [5.74, 6) is -0.625. The van der Waals surface area contributed by atoms with Crippen molar-refractivity contribution in [1.29, 1.82) is 0 Å². The first-order valence-electron chi connectivity index (χ1n) is 3.25. The van der Waals surface area contributed by atoms with Crippen molar-refractivity contribution in [2.75, 3.05) is 5.73 Å². The zero-order chi connectivity index (χ0) is 9.14. The molecule has 1 aromatic carbocycles. The predicted molar refractivity (Wildman–Crippen MR) is 44.8 cm³/mol. The molecule has 0 aliphatic carbocycles. The lowest BCUT2D eigenvalue weighted by Crippen LogP contribution is -1.93. The molecule has 5 heteroatoms. The van der Waals surface area contributed by atoms with Crippen molar-refractivity contribution in [2.45, 2.75) is 5.75 Å². The van der Waals surface area contributed by atoms with Crippen molar-refractivity contribution in [3.63, 3.8) is 0 Å². The van der Waals surface area contributed by atoms with E-state index in [1.165, 1.54) is 12.1 Å². The molecule has 0 aromatic heterocycles. The number of anilines is 1. The largest absolute Gasteiger partial charge is 0.396 e. The Labute approximate surface area is 71.0 Å². The summed E-state index contributed by atoms with van der Waals surface area (Å²) in [6.45, 7) is 0. The van der Waals surface area contributed by atoms with Crippen LogP contribution in [0.25, 0.3) is 0 Å². The first kappa shape index (κ1) is 8.99. The zero-order valence-corrected chi connectivity index (χ0v) is 7.05. The van der Waals surface area contributed by atoms with Crippen LogP contribution in [-0.4, -0.2) is 8.42 Å². The van der Waals surface area contributed by atoms with E-state index in [1.54, 1.807) is 0 Å². The molecular formula is C7H8FNO2S. The number of nitrogens with two attached hydrogens (primary N) is 1. The molecule has 3 nitrogen and oxygen atoms in total. The quantitative estimate of drug-likeness (QED) is 0.526. The van der Waals surface area contributed by atoms with Crippen LogP contribution in [0.1, 0.15) is 5.56 Å². The lowest BCUT2D eigenvalue weighted by molar-refractivity contribution is 0.613. The minimum absolute atomic E-state index is 0.0237. The molecule has 0 amide bonds. The number of hydrogen-bond donors (Lipinski definition) is 2. The summed E-state index contributed by atoms with van der Waals surface area (Å²) in [6.07, 6.45) is 0. The van der Waals surface area contributed by atoms with Gasteiger partial charge in [0.2, 0.25) is 0 Å². The summed E-state index contributed by atoms with van der Waals surface area (Å²) in [5.41, 5.74) is 5.71. The normalized spacial score (nSPS) is 10.5. The highest BCUT2D eigenvalue weighted by Gasteiger charge is 1.99. The fourth-order valence-electron chi connectivity index (χ4n) is 0.841. The van der Waals surface area contributed by atoms with Gasteiger partial charge >= 0.3 is 0 Å². The summed E-state index contributed by atoms with van der Waals surface area (Å²) in [7, 11) is -2.48. The van der Waals surface area contributed by atoms with E-state index in [9.17, 15) is 12.8 Å². The van der Waals surface area contributed by atoms with Gasteiger partial charge in [0.1, 0.15) is 16.5 Å². The van der Waals surface area contributed by atoms with Crippen molar-refractivity contribution in [1.82, 2.24) is 0 Å². The van der Waals surface area contributed by atoms with E-state index < -0.39 is 16.5 Å². The van der Waals surface area contributed by atoms with Gasteiger partial charge in [-0.2, -0.15) is 0 Å². The van der Waals surface area contributed by atoms with Crippen LogP contribution in [0.4, 0.5) is 10.1 Å². The second kappa shape index (κ2) is 3.53. The Kier molecular flexibility index (Phi) is 2.65. The molecular weight excluding hydrogens is 181 g/mol. The van der Waals surface area contributed by atoms with Crippen LogP contribution in [-0.2, 0) is 16.5 Å². The third kappa shape index (κ3) is 2.20. The third-order valence-corrected chi connectivity index (χ3v) is 2.00. The molecule has 0 aliphatic rings. The molecule has 0 bridgehead atoms. The Morgan fingerprint density at radius 2 is 2.08 bits per heavy atom. The fourth-order valence-corrected chi connectivity index (χ4v) is 1.34. The Morgan fingerprint density at radius 1 is 1.42 bits per heavy atom. The van der Waals surface area contributed by atoms with Gasteiger partial charge in [0.15, 0.2) is 0 Å². The van der Waals surface area contributed by atoms with Crippen LogP contribution >= 0.6 is 0 Å². The summed E-state index contributed by atoms with van der Waals surface area (Å²) in [5, 5.41) is 0. The average molecular weight is 189 g/mol. The molecule has 12 heavy (non-hydrogen) atoms. The maximum atomic E-state index is 12.6. The second-order valence-corrected chi connectivity index (χ2v) is 3.33. The molecule has 0 atom stereocenters. The highest BCUT2D eigenvalue weighted by atomic mass is 32.2. The predicted octanol–water partition coefficient (Wildman–Crippen LogP) is 0.519. The number of hydrogen-bond acceptors (Lipinski definition) is 3. The van der Waals surface area contributed by atoms with Gasteiger partial charge in [0, 0.05) is 0 Å². The highest BCUT2D eigenvalue weighted by molar-refractivity contribution is 7.71. The molecule has 0 aliphatic heterocycles. The topological polar surface area (TPSA) is 60.2 Å². The summed E-state index contributed by atoms with van der Waals surface area (Å²) in [6, 6.07) is 3.88. The maximum absolute atomic E-state index is 12.6. The summed E-state index contributed by atoms with van der Waals surface area (Å²) < 4.78 is 33.1. The molecule has 0 saturated heterocycles. The number of rotatable bonds is 2. The number of nitrogen functional groups attached to an aromatic ring is 1. The number of thiol groups is 1. The van der Waals surface area contributed by atoms with E-state index in [2.05, 4.69) is 0 Å². The molecule has 1 aromatic rings. The van der Waals surface area contributed by atoms with Crippen molar-refractivity contribution < 1.29 is 12.8 Å². The van der Waals surface area contributed by atoms with Gasteiger partial charge in [0.05, 0.1) is 11.4 Å². The lowest BCUT2D eigenvalue weighted by Gasteiger charge is -1.98. The van der Waals surface area contributed by atoms with E-state index in [-0.39, 0.29) is 11.4 Å². The van der Waals surface area contributed by atoms with Gasteiger partial charge in [-0.1, -0.05) is 6.07 Å². The van der Waals surface area contributed by atoms with Gasteiger partial charge in [-0.15, -0.1) is 0 Å². The van der Waals surface area contributed by atoms with E-state index in [4.69, 9.17) is 5.73 Å². The van der Waals surface area contributed by atoms with E-state index in [0.717, 1.165) is 6.07 Å². The molecule has 0 spiro atoms. The summed E-state index contributed by atoms with van der Waals surface area (Å²) in [4.78, 5) is 0. The van der Waals surface area contributed by atoms with Gasteiger partial charge in [-0.3, -0.25) is 0 Å². The van der Waals surface area contributed by atoms with Crippen molar-refractivity contribution in [3.8, 4) is 0 Å². The van der Waals surface area contributed by atoms with Crippen molar-refractivity contribution in [3.05, 3.63) is 29.6 Å². The molecule has 66 valence electrons. The van der Waals surface area contributed by atoms with E-state index >= 15 is 0 Å². The second-order valence-electron chi connectivity index (χ2n) is 2.35. The minimum Gasteiger partial charge on any atom is -0.396 e. The molecule has 1 rings (SSSR count). The molecule has 2 N–H and O–H groups in total. The van der Waals surface area contributed by atoms with Crippen LogP contribution < -0.4 is 5.73 Å². The third-order valence-electron chi connectivity index (χ3n) is 1.37.